The van der Waals surface area contributed by atoms with Gasteiger partial charge in [0.2, 0.25) is 11.8 Å². The Morgan fingerprint density at radius 1 is 1.22 bits per heavy atom. The van der Waals surface area contributed by atoms with Crippen molar-refractivity contribution in [2.75, 3.05) is 19.6 Å². The lowest BCUT2D eigenvalue weighted by Crippen LogP contribution is -2.45. The van der Waals surface area contributed by atoms with Crippen LogP contribution in [0.5, 0.6) is 0 Å². The molecule has 0 spiro atoms. The number of carbonyl (C=O) groups excluding carboxylic acids is 2. The van der Waals surface area contributed by atoms with Gasteiger partial charge in [-0.05, 0) is 38.0 Å². The van der Waals surface area contributed by atoms with E-state index in [1.807, 2.05) is 0 Å². The van der Waals surface area contributed by atoms with E-state index in [0.29, 0.717) is 30.6 Å². The molecule has 1 aliphatic carbocycles. The summed E-state index contributed by atoms with van der Waals surface area (Å²) in [5, 5.41) is 10.7. The van der Waals surface area contributed by atoms with E-state index >= 15 is 0 Å². The van der Waals surface area contributed by atoms with Gasteiger partial charge in [-0.25, -0.2) is 0 Å². The van der Waals surface area contributed by atoms with Crippen LogP contribution in [0.4, 0.5) is 0 Å². The molecule has 2 atom stereocenters. The van der Waals surface area contributed by atoms with Crippen LogP contribution < -0.4 is 10.6 Å². The van der Waals surface area contributed by atoms with Gasteiger partial charge in [0, 0.05) is 57.8 Å². The lowest BCUT2D eigenvalue weighted by atomic mass is 10.1. The quantitative estimate of drug-likeness (QED) is 0.592. The Hall–Kier alpha value is -1.60. The summed E-state index contributed by atoms with van der Waals surface area (Å²) in [6.45, 7) is 4.68. The molecule has 3 rings (SSSR count). The van der Waals surface area contributed by atoms with Crippen molar-refractivity contribution in [2.24, 2.45) is 5.92 Å². The maximum absolute atomic E-state index is 12.4. The molecule has 1 aliphatic heterocycles. The number of aryl methyl sites for hydroxylation is 1. The molecule has 27 heavy (non-hydrogen) atoms. The Morgan fingerprint density at radius 2 is 2.00 bits per heavy atom. The summed E-state index contributed by atoms with van der Waals surface area (Å²) in [5.41, 5.74) is 0. The number of likely N-dealkylation sites (tertiary alicyclic amines) is 1. The minimum absolute atomic E-state index is 0.0148. The molecule has 0 radical (unpaired) electrons. The van der Waals surface area contributed by atoms with Crippen LogP contribution in [0.1, 0.15) is 45.4 Å². The predicted octanol–water partition coefficient (Wildman–Crippen LogP) is 1.81. The molecule has 0 bridgehead atoms. The normalized spacial score (nSPS) is 22.7. The summed E-state index contributed by atoms with van der Waals surface area (Å²) in [4.78, 5) is 26.1. The fraction of sp³-hybridized carbons (Fsp3) is 0.737. The fourth-order valence-corrected chi connectivity index (χ4v) is 3.98. The molecular formula is C19H30ClN5O2. The first-order valence-electron chi connectivity index (χ1n) is 9.96. The molecule has 7 nitrogen and oxygen atoms in total. The highest BCUT2D eigenvalue weighted by molar-refractivity contribution is 6.30. The molecule has 8 heteroatoms. The number of nitrogens with one attached hydrogen (secondary N) is 2. The lowest BCUT2D eigenvalue weighted by molar-refractivity contribution is -0.122. The smallest absolute Gasteiger partial charge is 0.221 e. The molecule has 1 aromatic rings. The maximum Gasteiger partial charge on any atom is 0.221 e. The average Bonchev–Trinajstić information content (AvgIpc) is 3.23. The number of hydrogen-bond donors (Lipinski definition) is 2. The number of hydrogen-bond acceptors (Lipinski definition) is 4. The second kappa shape index (κ2) is 9.55. The van der Waals surface area contributed by atoms with Crippen molar-refractivity contribution in [3.8, 4) is 0 Å². The highest BCUT2D eigenvalue weighted by Gasteiger charge is 2.37. The number of aromatic nitrogens is 2. The first-order valence-corrected chi connectivity index (χ1v) is 10.3. The summed E-state index contributed by atoms with van der Waals surface area (Å²) in [7, 11) is 0. The van der Waals surface area contributed by atoms with Gasteiger partial charge in [-0.15, -0.1) is 0 Å². The van der Waals surface area contributed by atoms with Crippen LogP contribution in [-0.2, 0) is 16.1 Å². The maximum atomic E-state index is 12.4. The summed E-state index contributed by atoms with van der Waals surface area (Å²) >= 11 is 5.84. The fourth-order valence-electron chi connectivity index (χ4n) is 3.83. The van der Waals surface area contributed by atoms with Gasteiger partial charge in [0.15, 0.2) is 0 Å². The van der Waals surface area contributed by atoms with Crippen LogP contribution in [0.3, 0.4) is 0 Å². The Labute approximate surface area is 165 Å². The van der Waals surface area contributed by atoms with E-state index < -0.39 is 0 Å². The zero-order valence-electron chi connectivity index (χ0n) is 16.0. The van der Waals surface area contributed by atoms with Crippen LogP contribution in [-0.4, -0.2) is 58.2 Å². The Morgan fingerprint density at radius 3 is 2.67 bits per heavy atom. The molecule has 2 heterocycles. The third kappa shape index (κ3) is 6.50. The second-order valence-corrected chi connectivity index (χ2v) is 8.23. The van der Waals surface area contributed by atoms with Crippen molar-refractivity contribution in [3.05, 3.63) is 17.4 Å². The predicted molar refractivity (Wildman–Crippen MR) is 104 cm³/mol. The summed E-state index contributed by atoms with van der Waals surface area (Å²) in [6, 6.07) is 0.645. The van der Waals surface area contributed by atoms with Gasteiger partial charge in [-0.2, -0.15) is 5.10 Å². The van der Waals surface area contributed by atoms with E-state index in [4.69, 9.17) is 11.6 Å². The van der Waals surface area contributed by atoms with E-state index in [0.717, 1.165) is 38.3 Å². The topological polar surface area (TPSA) is 79.3 Å². The molecule has 2 N–H and O–H groups in total. The number of halogens is 1. The number of amides is 2. The highest BCUT2D eigenvalue weighted by atomic mass is 35.5. The molecule has 1 saturated heterocycles. The Bertz CT molecular complexity index is 646. The van der Waals surface area contributed by atoms with Crippen molar-refractivity contribution in [1.82, 2.24) is 25.3 Å². The van der Waals surface area contributed by atoms with E-state index in [1.165, 1.54) is 12.8 Å². The summed E-state index contributed by atoms with van der Waals surface area (Å²) in [6.07, 6.45) is 9.42. The molecule has 1 aromatic heterocycles. The van der Waals surface area contributed by atoms with Gasteiger partial charge in [-0.1, -0.05) is 11.6 Å². The second-order valence-electron chi connectivity index (χ2n) is 7.79. The van der Waals surface area contributed by atoms with Crippen LogP contribution in [0, 0.1) is 5.92 Å². The van der Waals surface area contributed by atoms with Crippen molar-refractivity contribution in [1.29, 1.82) is 0 Å². The van der Waals surface area contributed by atoms with Crippen LogP contribution in [0.15, 0.2) is 12.4 Å². The number of nitrogens with zero attached hydrogens (tertiary/aromatic N) is 3. The van der Waals surface area contributed by atoms with Gasteiger partial charge in [-0.3, -0.25) is 19.2 Å². The van der Waals surface area contributed by atoms with Crippen molar-refractivity contribution in [2.45, 2.75) is 64.1 Å². The standard InChI is InChI=1S/C19H30ClN5O2/c1-14(26)22-11-18-6-5-17(25(18)12-15-3-4-15)9-19(27)21-7-2-8-24-13-16(20)10-23-24/h10,13,15,17-18H,2-9,11-12H2,1H3,(H,21,27)(H,22,26)/t17-,18+/m0/s1. The van der Waals surface area contributed by atoms with E-state index in [9.17, 15) is 9.59 Å². The summed E-state index contributed by atoms with van der Waals surface area (Å²) < 4.78 is 1.79. The van der Waals surface area contributed by atoms with E-state index in [-0.39, 0.29) is 17.9 Å². The molecule has 2 aliphatic rings. The van der Waals surface area contributed by atoms with E-state index in [1.54, 1.807) is 24.0 Å². The lowest BCUT2D eigenvalue weighted by Gasteiger charge is -2.30. The van der Waals surface area contributed by atoms with Gasteiger partial charge in [0.05, 0.1) is 11.2 Å². The Balaban J connectivity index is 1.40. The van der Waals surface area contributed by atoms with Crippen LogP contribution in [0.2, 0.25) is 5.02 Å². The third-order valence-corrected chi connectivity index (χ3v) is 5.63. The van der Waals surface area contributed by atoms with Gasteiger partial charge in [0.25, 0.3) is 0 Å². The first-order chi connectivity index (χ1) is 13.0. The zero-order valence-corrected chi connectivity index (χ0v) is 16.7. The third-order valence-electron chi connectivity index (χ3n) is 5.43. The molecule has 150 valence electrons. The SMILES string of the molecule is CC(=O)NC[C@H]1CC[C@@H](CC(=O)NCCCn2cc(Cl)cn2)N1CC1CC1. The number of carbonyl (C=O) groups is 2. The largest absolute Gasteiger partial charge is 0.356 e. The summed E-state index contributed by atoms with van der Waals surface area (Å²) in [5.74, 6) is 0.898. The first kappa shape index (κ1) is 20.1. The molecular weight excluding hydrogens is 366 g/mol. The van der Waals surface area contributed by atoms with Gasteiger partial charge in [0.1, 0.15) is 0 Å². The number of rotatable bonds is 10. The molecule has 0 aromatic carbocycles. The minimum atomic E-state index is 0.0148. The molecule has 2 amide bonds. The van der Waals surface area contributed by atoms with Gasteiger partial charge < -0.3 is 10.6 Å². The van der Waals surface area contributed by atoms with Gasteiger partial charge >= 0.3 is 0 Å². The monoisotopic (exact) mass is 395 g/mol. The zero-order chi connectivity index (χ0) is 19.2. The van der Waals surface area contributed by atoms with Crippen LogP contribution >= 0.6 is 11.6 Å². The minimum Gasteiger partial charge on any atom is -0.356 e. The molecule has 0 unspecified atom stereocenters. The van der Waals surface area contributed by atoms with Crippen molar-refractivity contribution < 1.29 is 9.59 Å². The average molecular weight is 396 g/mol. The van der Waals surface area contributed by atoms with Crippen molar-refractivity contribution >= 4 is 23.4 Å². The van der Waals surface area contributed by atoms with E-state index in [2.05, 4.69) is 20.6 Å². The van der Waals surface area contributed by atoms with Crippen molar-refractivity contribution in [3.63, 3.8) is 0 Å². The van der Waals surface area contributed by atoms with Crippen LogP contribution in [0.25, 0.3) is 0 Å². The molecule has 1 saturated carbocycles. The Kier molecular flexibility index (Phi) is 7.13. The molecule has 2 fully saturated rings. The highest BCUT2D eigenvalue weighted by Crippen LogP contribution is 2.35.